The lowest BCUT2D eigenvalue weighted by molar-refractivity contribution is -0.275. The van der Waals surface area contributed by atoms with Gasteiger partial charge in [-0.05, 0) is 0 Å². The Bertz CT molecular complexity index is 422. The fourth-order valence-corrected chi connectivity index (χ4v) is 2.04. The molecule has 0 aliphatic carbocycles. The van der Waals surface area contributed by atoms with Gasteiger partial charge in [0, 0.05) is 26.4 Å². The molecule has 0 radical (unpaired) electrons. The summed E-state index contributed by atoms with van der Waals surface area (Å²) in [5.41, 5.74) is 0. The summed E-state index contributed by atoms with van der Waals surface area (Å²) in [4.78, 5) is 34.9. The molecule has 0 amide bonds. The quantitative estimate of drug-likeness (QED) is 0.502. The van der Waals surface area contributed by atoms with Crippen LogP contribution < -0.4 is 0 Å². The van der Waals surface area contributed by atoms with Gasteiger partial charge in [0.15, 0.2) is 24.6 Å². The van der Waals surface area contributed by atoms with Crippen molar-refractivity contribution in [3.05, 3.63) is 0 Å². The first kappa shape index (κ1) is 19.4. The summed E-state index contributed by atoms with van der Waals surface area (Å²) in [5, 5.41) is 0. The van der Waals surface area contributed by atoms with Gasteiger partial charge < -0.3 is 23.7 Å². The first-order chi connectivity index (χ1) is 11.0. The predicted octanol–water partition coefficient (Wildman–Crippen LogP) is 0.954. The van der Waals surface area contributed by atoms with E-state index in [1.807, 2.05) is 0 Å². The van der Waals surface area contributed by atoms with Crippen LogP contribution in [-0.2, 0) is 38.1 Å². The second-order valence-electron chi connectivity index (χ2n) is 4.94. The van der Waals surface area contributed by atoms with Gasteiger partial charge in [-0.3, -0.25) is 14.4 Å². The minimum absolute atomic E-state index is 0.0217. The molecule has 8 nitrogen and oxygen atoms in total. The third-order valence-corrected chi connectivity index (χ3v) is 3.30. The molecule has 0 saturated carbocycles. The summed E-state index contributed by atoms with van der Waals surface area (Å²) >= 11 is 0. The van der Waals surface area contributed by atoms with Gasteiger partial charge in [-0.25, -0.2) is 0 Å². The Morgan fingerprint density at radius 1 is 0.870 bits per heavy atom. The lowest BCUT2D eigenvalue weighted by Crippen LogP contribution is -2.58. The highest BCUT2D eigenvalue weighted by Gasteiger charge is 2.47. The lowest BCUT2D eigenvalue weighted by Gasteiger charge is -2.40. The van der Waals surface area contributed by atoms with Crippen LogP contribution in [0.1, 0.15) is 40.0 Å². The van der Waals surface area contributed by atoms with Gasteiger partial charge in [-0.2, -0.15) is 0 Å². The van der Waals surface area contributed by atoms with Gasteiger partial charge in [0.2, 0.25) is 0 Å². The summed E-state index contributed by atoms with van der Waals surface area (Å²) in [6, 6.07) is 0. The minimum Gasteiger partial charge on any atom is -0.456 e. The van der Waals surface area contributed by atoms with E-state index < -0.39 is 42.5 Å². The zero-order valence-electron chi connectivity index (χ0n) is 13.9. The molecular formula is C15H24O8. The van der Waals surface area contributed by atoms with Crippen LogP contribution in [-0.4, -0.2) is 56.2 Å². The Hall–Kier alpha value is -1.67. The maximum Gasteiger partial charge on any atom is 0.306 e. The van der Waals surface area contributed by atoms with E-state index in [1.54, 1.807) is 20.8 Å². The second-order valence-corrected chi connectivity index (χ2v) is 4.94. The molecule has 1 aliphatic rings. The van der Waals surface area contributed by atoms with Crippen LogP contribution in [0, 0.1) is 0 Å². The number of hydrogen-bond acceptors (Lipinski definition) is 8. The highest BCUT2D eigenvalue weighted by Crippen LogP contribution is 2.25. The number of hydrogen-bond donors (Lipinski definition) is 0. The molecule has 0 unspecified atom stereocenters. The van der Waals surface area contributed by atoms with E-state index in [2.05, 4.69) is 0 Å². The van der Waals surface area contributed by atoms with E-state index in [0.717, 1.165) is 0 Å². The van der Waals surface area contributed by atoms with Crippen molar-refractivity contribution in [3.8, 4) is 0 Å². The Labute approximate surface area is 135 Å². The van der Waals surface area contributed by atoms with Gasteiger partial charge in [-0.15, -0.1) is 0 Å². The number of rotatable bonds is 7. The zero-order chi connectivity index (χ0) is 17.4. The van der Waals surface area contributed by atoms with E-state index >= 15 is 0 Å². The van der Waals surface area contributed by atoms with E-state index in [-0.39, 0.29) is 25.9 Å². The van der Waals surface area contributed by atoms with E-state index in [9.17, 15) is 14.4 Å². The van der Waals surface area contributed by atoms with Crippen molar-refractivity contribution >= 4 is 17.9 Å². The van der Waals surface area contributed by atoms with E-state index in [4.69, 9.17) is 23.7 Å². The van der Waals surface area contributed by atoms with Crippen LogP contribution in [0.2, 0.25) is 0 Å². The minimum atomic E-state index is -1.01. The number of carbonyl (C=O) groups excluding carboxylic acids is 3. The number of esters is 3. The molecule has 0 bridgehead atoms. The summed E-state index contributed by atoms with van der Waals surface area (Å²) in [7, 11) is 1.38. The van der Waals surface area contributed by atoms with Crippen molar-refractivity contribution in [1.82, 2.24) is 0 Å². The third-order valence-electron chi connectivity index (χ3n) is 3.30. The Kier molecular flexibility index (Phi) is 7.97. The second kappa shape index (κ2) is 9.46. The SMILES string of the molecule is CCC(=O)O[C@@H]1[C@@H](OC(=O)CC)[C@@H](OC)OC[C@H]1OC(=O)CC. The van der Waals surface area contributed by atoms with Crippen LogP contribution >= 0.6 is 0 Å². The van der Waals surface area contributed by atoms with E-state index in [0.29, 0.717) is 0 Å². The third kappa shape index (κ3) is 5.47. The molecular weight excluding hydrogens is 308 g/mol. The average Bonchev–Trinajstić information content (AvgIpc) is 2.56. The molecule has 8 heteroatoms. The van der Waals surface area contributed by atoms with Gasteiger partial charge in [0.25, 0.3) is 0 Å². The fraction of sp³-hybridized carbons (Fsp3) is 0.800. The number of carbonyl (C=O) groups is 3. The molecule has 1 saturated heterocycles. The summed E-state index contributed by atoms with van der Waals surface area (Å²) in [6.45, 7) is 4.89. The molecule has 0 aromatic carbocycles. The van der Waals surface area contributed by atoms with Crippen LogP contribution in [0.15, 0.2) is 0 Å². The molecule has 0 aromatic rings. The Morgan fingerprint density at radius 3 is 1.83 bits per heavy atom. The van der Waals surface area contributed by atoms with Crippen molar-refractivity contribution in [3.63, 3.8) is 0 Å². The van der Waals surface area contributed by atoms with Crippen molar-refractivity contribution < 1.29 is 38.1 Å². The standard InChI is InChI=1S/C15H24O8/c1-5-10(16)21-9-8-20-15(19-4)14(23-12(18)7-3)13(9)22-11(17)6-2/h9,13-15H,5-8H2,1-4H3/t9-,13+,14-,15+/m1/s1. The molecule has 1 aliphatic heterocycles. The number of methoxy groups -OCH3 is 1. The van der Waals surface area contributed by atoms with Crippen LogP contribution in [0.4, 0.5) is 0 Å². The normalized spacial score (nSPS) is 27.1. The van der Waals surface area contributed by atoms with Crippen molar-refractivity contribution in [1.29, 1.82) is 0 Å². The molecule has 132 valence electrons. The highest BCUT2D eigenvalue weighted by molar-refractivity contribution is 5.71. The van der Waals surface area contributed by atoms with Crippen molar-refractivity contribution in [2.24, 2.45) is 0 Å². The summed E-state index contributed by atoms with van der Waals surface area (Å²) in [5.74, 6) is -1.46. The Balaban J connectivity index is 2.99. The molecule has 1 heterocycles. The summed E-state index contributed by atoms with van der Waals surface area (Å²) < 4.78 is 26.4. The van der Waals surface area contributed by atoms with Gasteiger partial charge in [0.1, 0.15) is 0 Å². The Morgan fingerprint density at radius 2 is 1.35 bits per heavy atom. The topological polar surface area (TPSA) is 97.4 Å². The van der Waals surface area contributed by atoms with Crippen molar-refractivity contribution in [2.75, 3.05) is 13.7 Å². The van der Waals surface area contributed by atoms with Gasteiger partial charge in [-0.1, -0.05) is 20.8 Å². The average molecular weight is 332 g/mol. The molecule has 0 aromatic heterocycles. The lowest BCUT2D eigenvalue weighted by atomic mass is 10.0. The van der Waals surface area contributed by atoms with Crippen LogP contribution in [0.25, 0.3) is 0 Å². The monoisotopic (exact) mass is 332 g/mol. The smallest absolute Gasteiger partial charge is 0.306 e. The van der Waals surface area contributed by atoms with Gasteiger partial charge >= 0.3 is 17.9 Å². The highest BCUT2D eigenvalue weighted by atomic mass is 16.7. The zero-order valence-corrected chi connectivity index (χ0v) is 13.9. The summed E-state index contributed by atoms with van der Waals surface area (Å²) in [6.07, 6.45) is -3.31. The van der Waals surface area contributed by atoms with Crippen LogP contribution in [0.3, 0.4) is 0 Å². The number of ether oxygens (including phenoxy) is 5. The maximum atomic E-state index is 11.7. The largest absolute Gasteiger partial charge is 0.456 e. The first-order valence-corrected chi connectivity index (χ1v) is 7.69. The predicted molar refractivity (Wildman–Crippen MR) is 77.3 cm³/mol. The molecule has 1 fully saturated rings. The maximum absolute atomic E-state index is 11.7. The van der Waals surface area contributed by atoms with Crippen LogP contribution in [0.5, 0.6) is 0 Å². The molecule has 23 heavy (non-hydrogen) atoms. The molecule has 0 spiro atoms. The molecule has 4 atom stereocenters. The van der Waals surface area contributed by atoms with E-state index in [1.165, 1.54) is 7.11 Å². The first-order valence-electron chi connectivity index (χ1n) is 7.69. The fourth-order valence-electron chi connectivity index (χ4n) is 2.04. The van der Waals surface area contributed by atoms with Crippen molar-refractivity contribution in [2.45, 2.75) is 64.6 Å². The molecule has 1 rings (SSSR count). The molecule has 0 N–H and O–H groups in total. The van der Waals surface area contributed by atoms with Gasteiger partial charge in [0.05, 0.1) is 6.61 Å².